The lowest BCUT2D eigenvalue weighted by Crippen LogP contribution is -2.26. The molecule has 0 aliphatic carbocycles. The first-order valence-corrected chi connectivity index (χ1v) is 5.71. The maximum absolute atomic E-state index is 4.14. The van der Waals surface area contributed by atoms with Gasteiger partial charge in [-0.1, -0.05) is 0 Å². The van der Waals surface area contributed by atoms with Crippen molar-refractivity contribution in [3.63, 3.8) is 0 Å². The summed E-state index contributed by atoms with van der Waals surface area (Å²) in [6.45, 7) is 0. The number of aromatic nitrogens is 2. The summed E-state index contributed by atoms with van der Waals surface area (Å²) in [5.41, 5.74) is 0. The molecule has 0 radical (unpaired) electrons. The molecule has 2 rings (SSSR count). The van der Waals surface area contributed by atoms with E-state index in [0.717, 1.165) is 5.82 Å². The van der Waals surface area contributed by atoms with Crippen molar-refractivity contribution in [1.82, 2.24) is 9.97 Å². The summed E-state index contributed by atoms with van der Waals surface area (Å²) in [6.07, 6.45) is 5.92. The lowest BCUT2D eigenvalue weighted by molar-refractivity contribution is 0.682. The van der Waals surface area contributed by atoms with Gasteiger partial charge in [0, 0.05) is 18.0 Å². The van der Waals surface area contributed by atoms with Gasteiger partial charge in [-0.2, -0.15) is 11.8 Å². The molecule has 1 aliphatic heterocycles. The Labute approximate surface area is 82.4 Å². The van der Waals surface area contributed by atoms with E-state index in [4.69, 9.17) is 0 Å². The molecule has 1 aliphatic rings. The van der Waals surface area contributed by atoms with Crippen LogP contribution in [0.2, 0.25) is 0 Å². The average Bonchev–Trinajstić information content (AvgIpc) is 2.21. The van der Waals surface area contributed by atoms with Crippen LogP contribution in [0.3, 0.4) is 0 Å². The molecule has 1 atom stereocenters. The van der Waals surface area contributed by atoms with E-state index in [0.29, 0.717) is 6.04 Å². The second kappa shape index (κ2) is 4.46. The zero-order valence-corrected chi connectivity index (χ0v) is 8.26. The largest absolute Gasteiger partial charge is 0.366 e. The maximum atomic E-state index is 4.14. The number of nitrogens with one attached hydrogen (secondary N) is 1. The van der Waals surface area contributed by atoms with Crippen molar-refractivity contribution >= 4 is 17.6 Å². The molecule has 2 heterocycles. The lowest BCUT2D eigenvalue weighted by Gasteiger charge is -2.22. The second-order valence-corrected chi connectivity index (χ2v) is 4.30. The van der Waals surface area contributed by atoms with Gasteiger partial charge in [-0.25, -0.2) is 9.97 Å². The lowest BCUT2D eigenvalue weighted by atomic mass is 10.2. The fourth-order valence-electron chi connectivity index (χ4n) is 1.44. The van der Waals surface area contributed by atoms with Gasteiger partial charge in [0.25, 0.3) is 0 Å². The molecule has 4 heteroatoms. The first kappa shape index (κ1) is 8.81. The van der Waals surface area contributed by atoms with Crippen molar-refractivity contribution in [2.75, 3.05) is 16.8 Å². The van der Waals surface area contributed by atoms with Crippen molar-refractivity contribution in [2.24, 2.45) is 0 Å². The van der Waals surface area contributed by atoms with Crippen LogP contribution in [0.4, 0.5) is 5.82 Å². The highest BCUT2D eigenvalue weighted by Crippen LogP contribution is 2.19. The molecule has 1 saturated heterocycles. The van der Waals surface area contributed by atoms with Crippen LogP contribution in [-0.4, -0.2) is 27.5 Å². The number of anilines is 1. The molecule has 0 spiro atoms. The molecule has 0 bridgehead atoms. The molecule has 70 valence electrons. The Hall–Kier alpha value is -0.770. The minimum Gasteiger partial charge on any atom is -0.366 e. The van der Waals surface area contributed by atoms with Crippen molar-refractivity contribution in [3.8, 4) is 0 Å². The summed E-state index contributed by atoms with van der Waals surface area (Å²) >= 11 is 2.02. The van der Waals surface area contributed by atoms with Crippen molar-refractivity contribution in [1.29, 1.82) is 0 Å². The Morgan fingerprint density at radius 1 is 1.54 bits per heavy atom. The van der Waals surface area contributed by atoms with Gasteiger partial charge in [0.2, 0.25) is 0 Å². The van der Waals surface area contributed by atoms with E-state index in [-0.39, 0.29) is 0 Å². The smallest absolute Gasteiger partial charge is 0.129 e. The third-order valence-corrected chi connectivity index (χ3v) is 3.31. The molecule has 1 aromatic rings. The van der Waals surface area contributed by atoms with Gasteiger partial charge in [-0.15, -0.1) is 0 Å². The molecular formula is C9H13N3S. The van der Waals surface area contributed by atoms with Crippen LogP contribution in [0.15, 0.2) is 18.6 Å². The first-order valence-electron chi connectivity index (χ1n) is 4.55. The molecular weight excluding hydrogens is 182 g/mol. The fourth-order valence-corrected chi connectivity index (χ4v) is 2.51. The van der Waals surface area contributed by atoms with Gasteiger partial charge in [0.15, 0.2) is 0 Å². The van der Waals surface area contributed by atoms with E-state index in [9.17, 15) is 0 Å². The van der Waals surface area contributed by atoms with E-state index < -0.39 is 0 Å². The van der Waals surface area contributed by atoms with Gasteiger partial charge in [-0.3, -0.25) is 0 Å². The molecule has 13 heavy (non-hydrogen) atoms. The second-order valence-electron chi connectivity index (χ2n) is 3.15. The Kier molecular flexibility index (Phi) is 3.02. The highest BCUT2D eigenvalue weighted by atomic mass is 32.2. The topological polar surface area (TPSA) is 37.8 Å². The zero-order chi connectivity index (χ0) is 8.93. The fraction of sp³-hybridized carbons (Fsp3) is 0.556. The number of nitrogens with zero attached hydrogens (tertiary/aromatic N) is 2. The molecule has 0 saturated carbocycles. The van der Waals surface area contributed by atoms with Gasteiger partial charge in [-0.05, 0) is 24.7 Å². The molecule has 1 N–H and O–H groups in total. The van der Waals surface area contributed by atoms with Crippen LogP contribution in [-0.2, 0) is 0 Å². The first-order chi connectivity index (χ1) is 6.45. The van der Waals surface area contributed by atoms with Gasteiger partial charge < -0.3 is 5.32 Å². The summed E-state index contributed by atoms with van der Waals surface area (Å²) in [6, 6.07) is 2.51. The average molecular weight is 195 g/mol. The van der Waals surface area contributed by atoms with E-state index in [1.54, 1.807) is 12.5 Å². The maximum Gasteiger partial charge on any atom is 0.129 e. The number of thioether (sulfide) groups is 1. The third kappa shape index (κ3) is 2.59. The zero-order valence-electron chi connectivity index (χ0n) is 7.44. The molecule has 0 amide bonds. The monoisotopic (exact) mass is 195 g/mol. The number of hydrogen-bond acceptors (Lipinski definition) is 4. The van der Waals surface area contributed by atoms with Crippen LogP contribution in [0.5, 0.6) is 0 Å². The predicted octanol–water partition coefficient (Wildman–Crippen LogP) is 1.78. The van der Waals surface area contributed by atoms with Crippen molar-refractivity contribution in [3.05, 3.63) is 18.6 Å². The van der Waals surface area contributed by atoms with E-state index >= 15 is 0 Å². The summed E-state index contributed by atoms with van der Waals surface area (Å²) in [5.74, 6) is 3.45. The van der Waals surface area contributed by atoms with Gasteiger partial charge in [0.1, 0.15) is 12.1 Å². The Morgan fingerprint density at radius 2 is 2.54 bits per heavy atom. The van der Waals surface area contributed by atoms with Gasteiger partial charge in [0.05, 0.1) is 0 Å². The minimum atomic E-state index is 0.591. The predicted molar refractivity (Wildman–Crippen MR) is 56.0 cm³/mol. The van der Waals surface area contributed by atoms with Crippen LogP contribution in [0.25, 0.3) is 0 Å². The van der Waals surface area contributed by atoms with E-state index in [2.05, 4.69) is 15.3 Å². The third-order valence-electron chi connectivity index (χ3n) is 2.09. The van der Waals surface area contributed by atoms with Crippen molar-refractivity contribution in [2.45, 2.75) is 18.9 Å². The Balaban J connectivity index is 1.90. The summed E-state index contributed by atoms with van der Waals surface area (Å²) in [5, 5.41) is 3.41. The van der Waals surface area contributed by atoms with Gasteiger partial charge >= 0.3 is 0 Å². The Bertz CT molecular complexity index is 246. The highest BCUT2D eigenvalue weighted by Gasteiger charge is 2.13. The minimum absolute atomic E-state index is 0.591. The van der Waals surface area contributed by atoms with Crippen LogP contribution in [0, 0.1) is 0 Å². The van der Waals surface area contributed by atoms with E-state index in [1.807, 2.05) is 17.8 Å². The molecule has 1 unspecified atom stereocenters. The summed E-state index contributed by atoms with van der Waals surface area (Å²) < 4.78 is 0. The number of rotatable bonds is 2. The van der Waals surface area contributed by atoms with Crippen LogP contribution >= 0.6 is 11.8 Å². The normalized spacial score (nSPS) is 22.6. The standard InChI is InChI=1S/C9H13N3S/c1-2-8(6-13-5-1)12-9-3-4-10-7-11-9/h3-4,7-8H,1-2,5-6H2,(H,10,11,12). The molecule has 3 nitrogen and oxygen atoms in total. The molecule has 1 aromatic heterocycles. The van der Waals surface area contributed by atoms with E-state index in [1.165, 1.54) is 24.3 Å². The quantitative estimate of drug-likeness (QED) is 0.780. The SMILES string of the molecule is c1cc(NC2CCCSC2)ncn1. The van der Waals surface area contributed by atoms with Crippen LogP contribution < -0.4 is 5.32 Å². The van der Waals surface area contributed by atoms with Crippen LogP contribution in [0.1, 0.15) is 12.8 Å². The molecule has 0 aromatic carbocycles. The summed E-state index contributed by atoms with van der Waals surface area (Å²) in [4.78, 5) is 8.02. The Morgan fingerprint density at radius 3 is 3.23 bits per heavy atom. The number of hydrogen-bond donors (Lipinski definition) is 1. The molecule has 1 fully saturated rings. The summed E-state index contributed by atoms with van der Waals surface area (Å²) in [7, 11) is 0. The highest BCUT2D eigenvalue weighted by molar-refractivity contribution is 7.99. The van der Waals surface area contributed by atoms with Crippen molar-refractivity contribution < 1.29 is 0 Å².